The van der Waals surface area contributed by atoms with E-state index < -0.39 is 0 Å². The third kappa shape index (κ3) is 2.87. The third-order valence-corrected chi connectivity index (χ3v) is 3.47. The summed E-state index contributed by atoms with van der Waals surface area (Å²) >= 11 is 0. The van der Waals surface area contributed by atoms with Crippen molar-refractivity contribution in [2.45, 2.75) is 25.8 Å². The van der Waals surface area contributed by atoms with Gasteiger partial charge in [-0.15, -0.1) is 0 Å². The van der Waals surface area contributed by atoms with Crippen molar-refractivity contribution >= 4 is 16.9 Å². The number of aromatic nitrogens is 2. The zero-order valence-corrected chi connectivity index (χ0v) is 11.1. The molecule has 1 fully saturated rings. The summed E-state index contributed by atoms with van der Waals surface area (Å²) < 4.78 is 6.60. The van der Waals surface area contributed by atoms with Crippen LogP contribution in [0.25, 0.3) is 10.9 Å². The maximum Gasteiger partial charge on any atom is 0.307 e. The van der Waals surface area contributed by atoms with E-state index in [-0.39, 0.29) is 17.9 Å². The van der Waals surface area contributed by atoms with Gasteiger partial charge in [-0.3, -0.25) is 14.2 Å². The molecule has 0 spiro atoms. The predicted molar refractivity (Wildman–Crippen MR) is 74.3 cm³/mol. The Balaban J connectivity index is 1.66. The Morgan fingerprint density at radius 3 is 2.95 bits per heavy atom. The summed E-state index contributed by atoms with van der Waals surface area (Å²) in [5, 5.41) is 0.571. The highest BCUT2D eigenvalue weighted by molar-refractivity contribution is 5.77. The number of fused-ring (bicyclic) bond motifs is 1. The molecule has 0 unspecified atom stereocenters. The van der Waals surface area contributed by atoms with Crippen LogP contribution in [0.4, 0.5) is 0 Å². The molecule has 2 aromatic rings. The van der Waals surface area contributed by atoms with Gasteiger partial charge >= 0.3 is 5.97 Å². The largest absolute Gasteiger partial charge is 0.465 e. The number of benzene rings is 1. The minimum Gasteiger partial charge on any atom is -0.465 e. The summed E-state index contributed by atoms with van der Waals surface area (Å²) in [4.78, 5) is 28.0. The van der Waals surface area contributed by atoms with E-state index in [1.165, 1.54) is 10.9 Å². The van der Waals surface area contributed by atoms with Gasteiger partial charge in [0.25, 0.3) is 5.56 Å². The fourth-order valence-electron chi connectivity index (χ4n) is 2.04. The van der Waals surface area contributed by atoms with Crippen molar-refractivity contribution in [1.29, 1.82) is 0 Å². The normalized spacial score (nSPS) is 14.4. The van der Waals surface area contributed by atoms with E-state index in [0.29, 0.717) is 30.0 Å². The van der Waals surface area contributed by atoms with Gasteiger partial charge in [-0.1, -0.05) is 12.1 Å². The summed E-state index contributed by atoms with van der Waals surface area (Å²) in [7, 11) is 0. The van der Waals surface area contributed by atoms with Crippen molar-refractivity contribution in [2.75, 3.05) is 6.61 Å². The quantitative estimate of drug-likeness (QED) is 0.778. The molecular weight excluding hydrogens is 256 g/mol. The lowest BCUT2D eigenvalue weighted by molar-refractivity contribution is -0.144. The smallest absolute Gasteiger partial charge is 0.307 e. The number of carbonyl (C=O) groups excluding carboxylic acids is 1. The molecule has 20 heavy (non-hydrogen) atoms. The zero-order valence-electron chi connectivity index (χ0n) is 11.1. The lowest BCUT2D eigenvalue weighted by Gasteiger charge is -2.07. The summed E-state index contributed by atoms with van der Waals surface area (Å²) in [5.41, 5.74) is 0.552. The van der Waals surface area contributed by atoms with Gasteiger partial charge in [0.05, 0.1) is 30.3 Å². The van der Waals surface area contributed by atoms with Crippen molar-refractivity contribution < 1.29 is 9.53 Å². The molecular formula is C15H16N2O3. The molecule has 104 valence electrons. The Hall–Kier alpha value is -2.17. The molecule has 1 aliphatic carbocycles. The molecule has 1 aromatic heterocycles. The molecule has 1 aliphatic rings. The second-order valence-electron chi connectivity index (χ2n) is 5.14. The Morgan fingerprint density at radius 1 is 1.35 bits per heavy atom. The minimum absolute atomic E-state index is 0.120. The molecule has 0 saturated heterocycles. The van der Waals surface area contributed by atoms with Crippen LogP contribution < -0.4 is 5.56 Å². The monoisotopic (exact) mass is 272 g/mol. The fourth-order valence-corrected chi connectivity index (χ4v) is 2.04. The molecule has 0 amide bonds. The van der Waals surface area contributed by atoms with Crippen molar-refractivity contribution in [3.8, 4) is 0 Å². The Morgan fingerprint density at radius 2 is 2.15 bits per heavy atom. The van der Waals surface area contributed by atoms with Crippen LogP contribution in [0, 0.1) is 5.92 Å². The molecule has 1 aromatic carbocycles. The van der Waals surface area contributed by atoms with Gasteiger partial charge in [-0.2, -0.15) is 0 Å². The van der Waals surface area contributed by atoms with Crippen molar-refractivity contribution in [3.63, 3.8) is 0 Å². The summed E-state index contributed by atoms with van der Waals surface area (Å²) in [6.45, 7) is 0.823. The predicted octanol–water partition coefficient (Wildman–Crippen LogP) is 1.74. The lowest BCUT2D eigenvalue weighted by atomic mass is 10.2. The van der Waals surface area contributed by atoms with Crippen molar-refractivity contribution in [3.05, 3.63) is 40.9 Å². The van der Waals surface area contributed by atoms with Crippen LogP contribution in [0.1, 0.15) is 19.3 Å². The topological polar surface area (TPSA) is 61.2 Å². The van der Waals surface area contributed by atoms with Crippen LogP contribution in [0.3, 0.4) is 0 Å². The van der Waals surface area contributed by atoms with Gasteiger partial charge in [0.15, 0.2) is 0 Å². The van der Waals surface area contributed by atoms with Crippen LogP contribution in [0.5, 0.6) is 0 Å². The average molecular weight is 272 g/mol. The number of para-hydroxylation sites is 1. The van der Waals surface area contributed by atoms with Crippen molar-refractivity contribution in [1.82, 2.24) is 9.55 Å². The van der Waals surface area contributed by atoms with Gasteiger partial charge in [-0.05, 0) is 30.9 Å². The number of aryl methyl sites for hydroxylation is 1. The van der Waals surface area contributed by atoms with E-state index >= 15 is 0 Å². The molecule has 5 nitrogen and oxygen atoms in total. The lowest BCUT2D eigenvalue weighted by Crippen LogP contribution is -2.22. The van der Waals surface area contributed by atoms with Crippen LogP contribution in [-0.4, -0.2) is 22.1 Å². The van der Waals surface area contributed by atoms with E-state index in [1.807, 2.05) is 6.07 Å². The van der Waals surface area contributed by atoms with Gasteiger partial charge < -0.3 is 4.74 Å². The fraction of sp³-hybridized carbons (Fsp3) is 0.400. The number of esters is 1. The average Bonchev–Trinajstić information content (AvgIpc) is 3.29. The van der Waals surface area contributed by atoms with Crippen LogP contribution in [0.15, 0.2) is 35.4 Å². The Bertz CT molecular complexity index is 689. The first-order valence-electron chi connectivity index (χ1n) is 6.84. The van der Waals surface area contributed by atoms with Crippen LogP contribution >= 0.6 is 0 Å². The molecule has 3 rings (SSSR count). The highest BCUT2D eigenvalue weighted by atomic mass is 16.5. The number of hydrogen-bond acceptors (Lipinski definition) is 4. The molecule has 0 bridgehead atoms. The van der Waals surface area contributed by atoms with Gasteiger partial charge in [0.2, 0.25) is 0 Å². The van der Waals surface area contributed by atoms with Crippen molar-refractivity contribution in [2.24, 2.45) is 5.92 Å². The van der Waals surface area contributed by atoms with Crippen LogP contribution in [-0.2, 0) is 16.1 Å². The first-order chi connectivity index (χ1) is 9.74. The Labute approximate surface area is 116 Å². The molecule has 0 N–H and O–H groups in total. The number of nitrogens with zero attached hydrogens (tertiary/aromatic N) is 2. The number of rotatable bonds is 5. The molecule has 1 saturated carbocycles. The highest BCUT2D eigenvalue weighted by Gasteiger charge is 2.22. The second kappa shape index (κ2) is 5.45. The summed E-state index contributed by atoms with van der Waals surface area (Å²) in [5.74, 6) is 0.306. The van der Waals surface area contributed by atoms with Gasteiger partial charge in [-0.25, -0.2) is 4.98 Å². The van der Waals surface area contributed by atoms with E-state index in [1.54, 1.807) is 18.2 Å². The highest BCUT2D eigenvalue weighted by Crippen LogP contribution is 2.28. The first kappa shape index (κ1) is 12.8. The number of ether oxygens (including phenoxy) is 1. The van der Waals surface area contributed by atoms with Crippen LogP contribution in [0.2, 0.25) is 0 Å². The van der Waals surface area contributed by atoms with E-state index in [0.717, 1.165) is 12.8 Å². The maximum atomic E-state index is 12.2. The zero-order chi connectivity index (χ0) is 13.9. The van der Waals surface area contributed by atoms with E-state index in [4.69, 9.17) is 4.74 Å². The molecule has 0 aliphatic heterocycles. The second-order valence-corrected chi connectivity index (χ2v) is 5.14. The molecule has 0 atom stereocenters. The van der Waals surface area contributed by atoms with Gasteiger partial charge in [0.1, 0.15) is 0 Å². The molecule has 1 heterocycles. The minimum atomic E-state index is -0.253. The van der Waals surface area contributed by atoms with E-state index in [9.17, 15) is 9.59 Å². The SMILES string of the molecule is O=C(CCn1cnc2ccccc2c1=O)OCC1CC1. The van der Waals surface area contributed by atoms with E-state index in [2.05, 4.69) is 4.98 Å². The van der Waals surface area contributed by atoms with Gasteiger partial charge in [0, 0.05) is 6.54 Å². The Kier molecular flexibility index (Phi) is 3.50. The molecule has 0 radical (unpaired) electrons. The summed E-state index contributed by atoms with van der Waals surface area (Å²) in [6.07, 6.45) is 3.99. The third-order valence-electron chi connectivity index (χ3n) is 3.47. The first-order valence-corrected chi connectivity index (χ1v) is 6.84. The standard InChI is InChI=1S/C15H16N2O3/c18-14(20-9-11-5-6-11)7-8-17-10-16-13-4-2-1-3-12(13)15(17)19/h1-4,10-11H,5-9H2. The molecule has 5 heteroatoms. The summed E-state index contributed by atoms with van der Waals surface area (Å²) in [6, 6.07) is 7.19. The number of hydrogen-bond donors (Lipinski definition) is 0. The maximum absolute atomic E-state index is 12.2. The number of carbonyl (C=O) groups is 1.